The summed E-state index contributed by atoms with van der Waals surface area (Å²) in [4.78, 5) is 3.90. The lowest BCUT2D eigenvalue weighted by atomic mass is 10.3. The zero-order valence-electron chi connectivity index (χ0n) is 11.6. The molecule has 1 atom stereocenters. The molecule has 1 aromatic rings. The summed E-state index contributed by atoms with van der Waals surface area (Å²) in [5.74, 6) is -0.0281. The summed E-state index contributed by atoms with van der Waals surface area (Å²) in [5.41, 5.74) is 0.631. The van der Waals surface area contributed by atoms with E-state index in [0.29, 0.717) is 25.4 Å². The maximum atomic E-state index is 12.3. The van der Waals surface area contributed by atoms with Gasteiger partial charge in [0.1, 0.15) is 0 Å². The first-order valence-electron chi connectivity index (χ1n) is 6.73. The highest BCUT2D eigenvalue weighted by atomic mass is 32.2. The Hall–Kier alpha value is -1.18. The zero-order chi connectivity index (χ0) is 14.4. The van der Waals surface area contributed by atoms with Crippen molar-refractivity contribution in [2.24, 2.45) is 0 Å². The molecule has 112 valence electrons. The van der Waals surface area contributed by atoms with Crippen LogP contribution in [0.1, 0.15) is 13.3 Å². The second kappa shape index (κ2) is 7.01. The molecule has 0 aromatic carbocycles. The van der Waals surface area contributed by atoms with Crippen LogP contribution in [0.15, 0.2) is 24.5 Å². The molecule has 2 rings (SSSR count). The SMILES string of the molecule is CCN(c1ccncc1)S(=O)(=O)CCOC1CCOC1. The van der Waals surface area contributed by atoms with Crippen molar-refractivity contribution in [2.75, 3.05) is 36.4 Å². The fourth-order valence-corrected chi connectivity index (χ4v) is 3.49. The Morgan fingerprint density at radius 1 is 1.45 bits per heavy atom. The van der Waals surface area contributed by atoms with Gasteiger partial charge in [0.2, 0.25) is 10.0 Å². The average molecular weight is 300 g/mol. The Balaban J connectivity index is 1.93. The van der Waals surface area contributed by atoms with Crippen LogP contribution in [-0.2, 0) is 19.5 Å². The number of aromatic nitrogens is 1. The molecular weight excluding hydrogens is 280 g/mol. The van der Waals surface area contributed by atoms with Crippen LogP contribution in [0.25, 0.3) is 0 Å². The van der Waals surface area contributed by atoms with Crippen molar-refractivity contribution in [3.05, 3.63) is 24.5 Å². The van der Waals surface area contributed by atoms with Crippen molar-refractivity contribution in [3.8, 4) is 0 Å². The summed E-state index contributed by atoms with van der Waals surface area (Å²) in [5, 5.41) is 0. The Bertz CT molecular complexity index is 500. The van der Waals surface area contributed by atoms with Gasteiger partial charge >= 0.3 is 0 Å². The number of rotatable bonds is 7. The molecule has 0 N–H and O–H groups in total. The summed E-state index contributed by atoms with van der Waals surface area (Å²) in [6.07, 6.45) is 4.03. The lowest BCUT2D eigenvalue weighted by molar-refractivity contribution is 0.0519. The van der Waals surface area contributed by atoms with Crippen molar-refractivity contribution in [2.45, 2.75) is 19.4 Å². The lowest BCUT2D eigenvalue weighted by Crippen LogP contribution is -2.34. The highest BCUT2D eigenvalue weighted by Crippen LogP contribution is 2.17. The van der Waals surface area contributed by atoms with Crippen LogP contribution < -0.4 is 4.31 Å². The second-order valence-electron chi connectivity index (χ2n) is 4.54. The van der Waals surface area contributed by atoms with Gasteiger partial charge in [-0.2, -0.15) is 0 Å². The molecule has 1 aliphatic heterocycles. The molecular formula is C13H20N2O4S. The van der Waals surface area contributed by atoms with Crippen LogP contribution >= 0.6 is 0 Å². The number of ether oxygens (including phenoxy) is 2. The summed E-state index contributed by atoms with van der Waals surface area (Å²) < 4.78 is 36.8. The van der Waals surface area contributed by atoms with Crippen LogP contribution in [0.4, 0.5) is 5.69 Å². The van der Waals surface area contributed by atoms with Gasteiger partial charge in [0.25, 0.3) is 0 Å². The van der Waals surface area contributed by atoms with Gasteiger partial charge in [0.05, 0.1) is 30.8 Å². The predicted molar refractivity (Wildman–Crippen MR) is 76.2 cm³/mol. The van der Waals surface area contributed by atoms with Gasteiger partial charge in [-0.15, -0.1) is 0 Å². The molecule has 6 nitrogen and oxygen atoms in total. The minimum absolute atomic E-state index is 0.0281. The van der Waals surface area contributed by atoms with E-state index in [-0.39, 0.29) is 18.5 Å². The highest BCUT2D eigenvalue weighted by molar-refractivity contribution is 7.92. The maximum Gasteiger partial charge on any atom is 0.237 e. The molecule has 0 bridgehead atoms. The van der Waals surface area contributed by atoms with Gasteiger partial charge in [-0.25, -0.2) is 8.42 Å². The third-order valence-electron chi connectivity index (χ3n) is 3.16. The maximum absolute atomic E-state index is 12.3. The Labute approximate surface area is 119 Å². The number of sulfonamides is 1. The Morgan fingerprint density at radius 2 is 2.20 bits per heavy atom. The molecule has 1 fully saturated rings. The smallest absolute Gasteiger partial charge is 0.237 e. The molecule has 1 aromatic heterocycles. The van der Waals surface area contributed by atoms with Crippen molar-refractivity contribution >= 4 is 15.7 Å². The topological polar surface area (TPSA) is 68.7 Å². The van der Waals surface area contributed by atoms with Crippen LogP contribution in [0.5, 0.6) is 0 Å². The molecule has 0 amide bonds. The van der Waals surface area contributed by atoms with Crippen molar-refractivity contribution < 1.29 is 17.9 Å². The normalized spacial score (nSPS) is 19.1. The summed E-state index contributed by atoms with van der Waals surface area (Å²) in [6, 6.07) is 3.37. The van der Waals surface area contributed by atoms with Gasteiger partial charge in [0, 0.05) is 25.5 Å². The number of hydrogen-bond acceptors (Lipinski definition) is 5. The van der Waals surface area contributed by atoms with Gasteiger partial charge < -0.3 is 9.47 Å². The van der Waals surface area contributed by atoms with Gasteiger partial charge in [-0.3, -0.25) is 9.29 Å². The number of hydrogen-bond donors (Lipinski definition) is 0. The molecule has 1 unspecified atom stereocenters. The van der Waals surface area contributed by atoms with Crippen molar-refractivity contribution in [1.29, 1.82) is 0 Å². The average Bonchev–Trinajstić information content (AvgIpc) is 2.93. The van der Waals surface area contributed by atoms with Crippen LogP contribution in [0.2, 0.25) is 0 Å². The van der Waals surface area contributed by atoms with E-state index < -0.39 is 10.0 Å². The monoisotopic (exact) mass is 300 g/mol. The minimum Gasteiger partial charge on any atom is -0.379 e. The molecule has 1 saturated heterocycles. The van der Waals surface area contributed by atoms with Crippen LogP contribution in [-0.4, -0.2) is 51.6 Å². The first kappa shape index (κ1) is 15.2. The summed E-state index contributed by atoms with van der Waals surface area (Å²) >= 11 is 0. The number of pyridine rings is 1. The van der Waals surface area contributed by atoms with Gasteiger partial charge in [0.15, 0.2) is 0 Å². The van der Waals surface area contributed by atoms with Crippen LogP contribution in [0, 0.1) is 0 Å². The predicted octanol–water partition coefficient (Wildman–Crippen LogP) is 1.04. The molecule has 0 spiro atoms. The van der Waals surface area contributed by atoms with E-state index in [4.69, 9.17) is 9.47 Å². The van der Waals surface area contributed by atoms with E-state index in [2.05, 4.69) is 4.98 Å². The molecule has 0 radical (unpaired) electrons. The quantitative estimate of drug-likeness (QED) is 0.752. The second-order valence-corrected chi connectivity index (χ2v) is 6.56. The van der Waals surface area contributed by atoms with E-state index in [1.54, 1.807) is 24.5 Å². The van der Waals surface area contributed by atoms with E-state index >= 15 is 0 Å². The third kappa shape index (κ3) is 3.91. The standard InChI is InChI=1S/C13H20N2O4S/c1-2-15(12-3-6-14-7-4-12)20(16,17)10-9-19-13-5-8-18-11-13/h3-4,6-7,13H,2,5,8-11H2,1H3. The molecule has 1 aliphatic rings. The highest BCUT2D eigenvalue weighted by Gasteiger charge is 2.22. The third-order valence-corrected chi connectivity index (χ3v) is 4.98. The fourth-order valence-electron chi connectivity index (χ4n) is 2.12. The summed E-state index contributed by atoms with van der Waals surface area (Å²) in [7, 11) is -3.38. The Kier molecular flexibility index (Phi) is 5.33. The first-order valence-corrected chi connectivity index (χ1v) is 8.34. The number of anilines is 1. The molecule has 2 heterocycles. The molecule has 7 heteroatoms. The molecule has 0 aliphatic carbocycles. The van der Waals surface area contributed by atoms with Gasteiger partial charge in [-0.1, -0.05) is 0 Å². The first-order chi connectivity index (χ1) is 9.63. The number of nitrogens with zero attached hydrogens (tertiary/aromatic N) is 2. The lowest BCUT2D eigenvalue weighted by Gasteiger charge is -2.23. The van der Waals surface area contributed by atoms with E-state index in [1.807, 2.05) is 6.92 Å². The van der Waals surface area contributed by atoms with E-state index in [9.17, 15) is 8.42 Å². The minimum atomic E-state index is -3.38. The zero-order valence-corrected chi connectivity index (χ0v) is 12.4. The van der Waals surface area contributed by atoms with Crippen molar-refractivity contribution in [3.63, 3.8) is 0 Å². The van der Waals surface area contributed by atoms with E-state index in [0.717, 1.165) is 6.42 Å². The fraction of sp³-hybridized carbons (Fsp3) is 0.615. The Morgan fingerprint density at radius 3 is 2.80 bits per heavy atom. The molecule has 0 saturated carbocycles. The van der Waals surface area contributed by atoms with E-state index in [1.165, 1.54) is 4.31 Å². The van der Waals surface area contributed by atoms with Crippen LogP contribution in [0.3, 0.4) is 0 Å². The molecule has 20 heavy (non-hydrogen) atoms. The van der Waals surface area contributed by atoms with Gasteiger partial charge in [-0.05, 0) is 25.5 Å². The largest absolute Gasteiger partial charge is 0.379 e. The summed E-state index contributed by atoms with van der Waals surface area (Å²) in [6.45, 7) is 3.64. The van der Waals surface area contributed by atoms with Crippen molar-refractivity contribution in [1.82, 2.24) is 4.98 Å².